The van der Waals surface area contributed by atoms with Crippen LogP contribution in [-0.2, 0) is 20.9 Å². The number of ether oxygens (including phenoxy) is 1. The number of esters is 1. The lowest BCUT2D eigenvalue weighted by Crippen LogP contribution is -2.41. The van der Waals surface area contributed by atoms with Crippen LogP contribution in [0.2, 0.25) is 0 Å². The first-order chi connectivity index (χ1) is 8.02. The van der Waals surface area contributed by atoms with E-state index < -0.39 is 23.9 Å². The molecule has 0 heterocycles. The molecule has 0 spiro atoms. The van der Waals surface area contributed by atoms with Crippen LogP contribution in [-0.4, -0.2) is 23.1 Å². The number of carboxylic acid groups (broad SMARTS) is 1. The fraction of sp³-hybridized carbons (Fsp3) is 0.333. The van der Waals surface area contributed by atoms with Gasteiger partial charge in [0.1, 0.15) is 12.6 Å². The van der Waals surface area contributed by atoms with Crippen LogP contribution in [0.4, 0.5) is 0 Å². The minimum absolute atomic E-state index is 0.121. The normalized spacial score (nSPS) is 13.8. The second-order valence-corrected chi connectivity index (χ2v) is 3.75. The van der Waals surface area contributed by atoms with E-state index in [0.717, 1.165) is 5.56 Å². The summed E-state index contributed by atoms with van der Waals surface area (Å²) < 4.78 is 4.98. The number of carbonyl (C=O) groups excluding carboxylic acids is 1. The van der Waals surface area contributed by atoms with Crippen molar-refractivity contribution in [3.63, 3.8) is 0 Å². The number of aliphatic carboxylic acids is 1. The first kappa shape index (κ1) is 13.2. The minimum Gasteiger partial charge on any atom is -0.480 e. The Kier molecular flexibility index (Phi) is 4.66. The molecule has 0 aliphatic heterocycles. The second kappa shape index (κ2) is 6.00. The number of carboxylic acids is 1. The van der Waals surface area contributed by atoms with Crippen molar-refractivity contribution in [3.05, 3.63) is 35.9 Å². The van der Waals surface area contributed by atoms with Gasteiger partial charge in [-0.2, -0.15) is 0 Å². The van der Waals surface area contributed by atoms with E-state index in [1.165, 1.54) is 6.92 Å². The third-order valence-electron chi connectivity index (χ3n) is 2.42. The van der Waals surface area contributed by atoms with Gasteiger partial charge >= 0.3 is 11.9 Å². The Bertz CT molecular complexity index is 391. The molecule has 0 aliphatic rings. The number of carbonyl (C=O) groups is 2. The molecule has 0 saturated carbocycles. The summed E-state index contributed by atoms with van der Waals surface area (Å²) in [7, 11) is 0. The van der Waals surface area contributed by atoms with Gasteiger partial charge in [0, 0.05) is 0 Å². The van der Waals surface area contributed by atoms with Crippen molar-refractivity contribution in [1.29, 1.82) is 0 Å². The zero-order valence-electron chi connectivity index (χ0n) is 9.50. The van der Waals surface area contributed by atoms with Crippen molar-refractivity contribution in [2.45, 2.75) is 19.6 Å². The van der Waals surface area contributed by atoms with E-state index in [1.54, 1.807) is 0 Å². The third-order valence-corrected chi connectivity index (χ3v) is 2.42. The van der Waals surface area contributed by atoms with E-state index >= 15 is 0 Å². The highest BCUT2D eigenvalue weighted by Gasteiger charge is 2.27. The zero-order valence-corrected chi connectivity index (χ0v) is 9.50. The van der Waals surface area contributed by atoms with Gasteiger partial charge in [0.2, 0.25) is 0 Å². The summed E-state index contributed by atoms with van der Waals surface area (Å²) >= 11 is 0. The Labute approximate surface area is 99.2 Å². The quantitative estimate of drug-likeness (QED) is 0.738. The molecule has 0 aromatic heterocycles. The smallest absolute Gasteiger partial charge is 0.321 e. The van der Waals surface area contributed by atoms with Gasteiger partial charge in [-0.3, -0.25) is 9.59 Å². The van der Waals surface area contributed by atoms with Crippen LogP contribution < -0.4 is 5.73 Å². The van der Waals surface area contributed by atoms with Gasteiger partial charge in [0.15, 0.2) is 0 Å². The molecule has 2 atom stereocenters. The van der Waals surface area contributed by atoms with Crippen LogP contribution in [0.25, 0.3) is 0 Å². The Balaban J connectivity index is 2.47. The number of nitrogens with two attached hydrogens (primary N) is 1. The maximum absolute atomic E-state index is 11.5. The molecule has 0 aliphatic carbocycles. The fourth-order valence-corrected chi connectivity index (χ4v) is 1.22. The average Bonchev–Trinajstić information content (AvgIpc) is 2.35. The van der Waals surface area contributed by atoms with E-state index in [2.05, 4.69) is 0 Å². The van der Waals surface area contributed by atoms with Gasteiger partial charge in [-0.25, -0.2) is 0 Å². The third kappa shape index (κ3) is 3.88. The summed E-state index contributed by atoms with van der Waals surface area (Å²) in [5, 5.41) is 8.65. The Hall–Kier alpha value is -1.88. The molecule has 0 fully saturated rings. The Morgan fingerprint density at radius 1 is 1.35 bits per heavy atom. The molecule has 92 valence electrons. The van der Waals surface area contributed by atoms with E-state index in [9.17, 15) is 9.59 Å². The SMILES string of the molecule is CC(C(=O)OCc1ccccc1)C(N)C(=O)O. The lowest BCUT2D eigenvalue weighted by atomic mass is 10.0. The van der Waals surface area contributed by atoms with Crippen LogP contribution >= 0.6 is 0 Å². The molecular formula is C12H15NO4. The first-order valence-corrected chi connectivity index (χ1v) is 5.21. The average molecular weight is 237 g/mol. The summed E-state index contributed by atoms with van der Waals surface area (Å²) in [6.45, 7) is 1.56. The lowest BCUT2D eigenvalue weighted by Gasteiger charge is -2.14. The predicted octanol–water partition coefficient (Wildman–Crippen LogP) is 0.778. The van der Waals surface area contributed by atoms with E-state index in [4.69, 9.17) is 15.6 Å². The van der Waals surface area contributed by atoms with Crippen molar-refractivity contribution < 1.29 is 19.4 Å². The molecule has 3 N–H and O–H groups in total. The molecule has 5 heteroatoms. The van der Waals surface area contributed by atoms with Gasteiger partial charge in [0.05, 0.1) is 5.92 Å². The van der Waals surface area contributed by atoms with Crippen LogP contribution in [0, 0.1) is 5.92 Å². The van der Waals surface area contributed by atoms with Crippen molar-refractivity contribution in [2.24, 2.45) is 11.7 Å². The minimum atomic E-state index is -1.24. The van der Waals surface area contributed by atoms with Crippen molar-refractivity contribution in [2.75, 3.05) is 0 Å². The van der Waals surface area contributed by atoms with Crippen molar-refractivity contribution >= 4 is 11.9 Å². The highest BCUT2D eigenvalue weighted by Crippen LogP contribution is 2.07. The molecule has 5 nitrogen and oxygen atoms in total. The molecule has 1 aromatic rings. The summed E-state index contributed by atoms with van der Waals surface area (Å²) in [5.41, 5.74) is 6.17. The van der Waals surface area contributed by atoms with Gasteiger partial charge in [-0.1, -0.05) is 30.3 Å². The molecule has 1 rings (SSSR count). The number of benzene rings is 1. The van der Waals surface area contributed by atoms with E-state index in [0.29, 0.717) is 0 Å². The highest BCUT2D eigenvalue weighted by molar-refractivity contribution is 5.83. The van der Waals surface area contributed by atoms with Gasteiger partial charge in [-0.15, -0.1) is 0 Å². The summed E-state index contributed by atoms with van der Waals surface area (Å²) in [5.74, 6) is -2.69. The molecule has 0 radical (unpaired) electrons. The summed E-state index contributed by atoms with van der Waals surface area (Å²) in [6, 6.07) is 7.90. The first-order valence-electron chi connectivity index (χ1n) is 5.21. The van der Waals surface area contributed by atoms with Gasteiger partial charge < -0.3 is 15.6 Å². The number of hydrogen-bond acceptors (Lipinski definition) is 4. The standard InChI is InChI=1S/C12H15NO4/c1-8(10(13)11(14)15)12(16)17-7-9-5-3-2-4-6-9/h2-6,8,10H,7,13H2,1H3,(H,14,15). The molecule has 1 aromatic carbocycles. The second-order valence-electron chi connectivity index (χ2n) is 3.75. The predicted molar refractivity (Wildman–Crippen MR) is 61.0 cm³/mol. The fourth-order valence-electron chi connectivity index (χ4n) is 1.22. The summed E-state index contributed by atoms with van der Waals surface area (Å²) in [6.07, 6.45) is 0. The molecule has 0 saturated heterocycles. The lowest BCUT2D eigenvalue weighted by molar-refractivity contribution is -0.154. The molecule has 0 amide bonds. The molecule has 0 bridgehead atoms. The maximum Gasteiger partial charge on any atom is 0.321 e. The Morgan fingerprint density at radius 3 is 2.47 bits per heavy atom. The van der Waals surface area contributed by atoms with Crippen LogP contribution in [0.5, 0.6) is 0 Å². The maximum atomic E-state index is 11.5. The molecule has 17 heavy (non-hydrogen) atoms. The number of hydrogen-bond donors (Lipinski definition) is 2. The topological polar surface area (TPSA) is 89.6 Å². The monoisotopic (exact) mass is 237 g/mol. The van der Waals surface area contributed by atoms with Gasteiger partial charge in [0.25, 0.3) is 0 Å². The van der Waals surface area contributed by atoms with Crippen LogP contribution in [0.15, 0.2) is 30.3 Å². The number of rotatable bonds is 5. The summed E-state index contributed by atoms with van der Waals surface area (Å²) in [4.78, 5) is 22.1. The Morgan fingerprint density at radius 2 is 1.94 bits per heavy atom. The van der Waals surface area contributed by atoms with Crippen LogP contribution in [0.3, 0.4) is 0 Å². The molecular weight excluding hydrogens is 222 g/mol. The van der Waals surface area contributed by atoms with Crippen molar-refractivity contribution in [1.82, 2.24) is 0 Å². The zero-order chi connectivity index (χ0) is 12.8. The van der Waals surface area contributed by atoms with Crippen molar-refractivity contribution in [3.8, 4) is 0 Å². The van der Waals surface area contributed by atoms with E-state index in [-0.39, 0.29) is 6.61 Å². The van der Waals surface area contributed by atoms with E-state index in [1.807, 2.05) is 30.3 Å². The van der Waals surface area contributed by atoms with Gasteiger partial charge in [-0.05, 0) is 12.5 Å². The highest BCUT2D eigenvalue weighted by atomic mass is 16.5. The molecule has 2 unspecified atom stereocenters. The van der Waals surface area contributed by atoms with Crippen LogP contribution in [0.1, 0.15) is 12.5 Å². The largest absolute Gasteiger partial charge is 0.480 e.